The summed E-state index contributed by atoms with van der Waals surface area (Å²) in [5.41, 5.74) is 6.61. The van der Waals surface area contributed by atoms with Gasteiger partial charge in [-0.2, -0.15) is 0 Å². The van der Waals surface area contributed by atoms with E-state index in [2.05, 4.69) is 13.8 Å². The Balaban J connectivity index is 2.04. The zero-order valence-electron chi connectivity index (χ0n) is 11.6. The van der Waals surface area contributed by atoms with Crippen molar-refractivity contribution in [2.45, 2.75) is 76.9 Å². The van der Waals surface area contributed by atoms with Gasteiger partial charge < -0.3 is 10.5 Å². The Bertz CT molecular complexity index is 227. The molecule has 2 rings (SSSR count). The first-order valence-corrected chi connectivity index (χ1v) is 7.57. The van der Waals surface area contributed by atoms with E-state index in [0.29, 0.717) is 0 Å². The molecule has 0 aromatic heterocycles. The molecule has 17 heavy (non-hydrogen) atoms. The summed E-state index contributed by atoms with van der Waals surface area (Å²) < 4.78 is 6.17. The van der Waals surface area contributed by atoms with Crippen molar-refractivity contribution in [2.75, 3.05) is 6.61 Å². The van der Waals surface area contributed by atoms with Crippen molar-refractivity contribution in [2.24, 2.45) is 17.6 Å². The first-order valence-electron chi connectivity index (χ1n) is 7.57. The molecule has 2 saturated carbocycles. The van der Waals surface area contributed by atoms with E-state index in [0.717, 1.165) is 18.4 Å². The zero-order valence-corrected chi connectivity index (χ0v) is 11.6. The van der Waals surface area contributed by atoms with Crippen molar-refractivity contribution in [1.29, 1.82) is 0 Å². The molecule has 2 fully saturated rings. The van der Waals surface area contributed by atoms with E-state index >= 15 is 0 Å². The van der Waals surface area contributed by atoms with Gasteiger partial charge in [-0.1, -0.05) is 19.8 Å². The maximum atomic E-state index is 6.60. The zero-order chi connectivity index (χ0) is 12.3. The van der Waals surface area contributed by atoms with Gasteiger partial charge in [0, 0.05) is 12.6 Å². The minimum Gasteiger partial charge on any atom is -0.374 e. The van der Waals surface area contributed by atoms with E-state index in [1.165, 1.54) is 51.4 Å². The van der Waals surface area contributed by atoms with Crippen LogP contribution >= 0.6 is 0 Å². The minimum absolute atomic E-state index is 0.0102. The lowest BCUT2D eigenvalue weighted by Gasteiger charge is -2.45. The van der Waals surface area contributed by atoms with E-state index in [9.17, 15) is 0 Å². The molecular formula is C15H29NO. The van der Waals surface area contributed by atoms with Gasteiger partial charge in [0.25, 0.3) is 0 Å². The molecule has 2 nitrogen and oxygen atoms in total. The Hall–Kier alpha value is -0.0800. The quantitative estimate of drug-likeness (QED) is 0.815. The number of hydrogen-bond acceptors (Lipinski definition) is 2. The fourth-order valence-corrected chi connectivity index (χ4v) is 3.86. The second-order valence-electron chi connectivity index (χ2n) is 6.25. The third kappa shape index (κ3) is 2.85. The van der Waals surface area contributed by atoms with Gasteiger partial charge in [-0.05, 0) is 57.3 Å². The second kappa shape index (κ2) is 5.71. The summed E-state index contributed by atoms with van der Waals surface area (Å²) in [6.07, 6.45) is 10.3. The number of rotatable bonds is 4. The molecule has 0 bridgehead atoms. The van der Waals surface area contributed by atoms with Gasteiger partial charge in [-0.15, -0.1) is 0 Å². The molecule has 2 N–H and O–H groups in total. The van der Waals surface area contributed by atoms with Crippen molar-refractivity contribution in [3.63, 3.8) is 0 Å². The summed E-state index contributed by atoms with van der Waals surface area (Å²) in [4.78, 5) is 0. The van der Waals surface area contributed by atoms with Crippen molar-refractivity contribution in [3.05, 3.63) is 0 Å². The number of hydrogen-bond donors (Lipinski definition) is 1. The second-order valence-corrected chi connectivity index (χ2v) is 6.25. The summed E-state index contributed by atoms with van der Waals surface area (Å²) >= 11 is 0. The van der Waals surface area contributed by atoms with Gasteiger partial charge in [0.15, 0.2) is 0 Å². The highest BCUT2D eigenvalue weighted by Crippen LogP contribution is 2.42. The fourth-order valence-electron chi connectivity index (χ4n) is 3.86. The molecule has 2 aliphatic carbocycles. The smallest absolute Gasteiger partial charge is 0.0835 e. The molecule has 2 heteroatoms. The van der Waals surface area contributed by atoms with Crippen LogP contribution in [-0.4, -0.2) is 18.2 Å². The maximum Gasteiger partial charge on any atom is 0.0835 e. The van der Waals surface area contributed by atoms with Crippen LogP contribution < -0.4 is 5.73 Å². The molecule has 0 radical (unpaired) electrons. The number of ether oxygens (including phenoxy) is 1. The van der Waals surface area contributed by atoms with Gasteiger partial charge in [-0.25, -0.2) is 0 Å². The van der Waals surface area contributed by atoms with E-state index in [-0.39, 0.29) is 11.6 Å². The normalized spacial score (nSPS) is 37.2. The van der Waals surface area contributed by atoms with E-state index in [1.807, 2.05) is 0 Å². The molecule has 100 valence electrons. The average molecular weight is 239 g/mol. The first kappa shape index (κ1) is 13.4. The molecule has 0 saturated heterocycles. The lowest BCUT2D eigenvalue weighted by Crippen LogP contribution is -2.55. The summed E-state index contributed by atoms with van der Waals surface area (Å²) in [5.74, 6) is 1.58. The highest BCUT2D eigenvalue weighted by molar-refractivity contribution is 4.99. The minimum atomic E-state index is 0.0102. The Labute approximate surface area is 106 Å². The monoisotopic (exact) mass is 239 g/mol. The van der Waals surface area contributed by atoms with Gasteiger partial charge in [0.1, 0.15) is 0 Å². The molecule has 0 aromatic rings. The highest BCUT2D eigenvalue weighted by Gasteiger charge is 2.43. The number of nitrogens with two attached hydrogens (primary N) is 1. The molecule has 0 aromatic carbocycles. The third-order valence-corrected chi connectivity index (χ3v) is 5.07. The fraction of sp³-hybridized carbons (Fsp3) is 1.00. The van der Waals surface area contributed by atoms with Gasteiger partial charge >= 0.3 is 0 Å². The molecule has 1 atom stereocenters. The average Bonchev–Trinajstić information content (AvgIpc) is 2.85. The van der Waals surface area contributed by atoms with Crippen molar-refractivity contribution < 1.29 is 4.74 Å². The van der Waals surface area contributed by atoms with Gasteiger partial charge in [0.2, 0.25) is 0 Å². The van der Waals surface area contributed by atoms with Crippen molar-refractivity contribution >= 4 is 0 Å². The van der Waals surface area contributed by atoms with Crippen LogP contribution in [0, 0.1) is 11.8 Å². The van der Waals surface area contributed by atoms with Gasteiger partial charge in [0.05, 0.1) is 5.60 Å². The van der Waals surface area contributed by atoms with Crippen LogP contribution in [0.1, 0.15) is 65.2 Å². The van der Waals surface area contributed by atoms with Crippen LogP contribution in [0.15, 0.2) is 0 Å². The first-order chi connectivity index (χ1) is 8.18. The summed E-state index contributed by atoms with van der Waals surface area (Å²) in [6.45, 7) is 5.28. The lowest BCUT2D eigenvalue weighted by molar-refractivity contribution is -0.0990. The molecular weight excluding hydrogens is 210 g/mol. The molecule has 2 aliphatic rings. The van der Waals surface area contributed by atoms with Crippen LogP contribution in [0.5, 0.6) is 0 Å². The van der Waals surface area contributed by atoms with Crippen LogP contribution in [-0.2, 0) is 4.74 Å². The lowest BCUT2D eigenvalue weighted by atomic mass is 9.71. The maximum absolute atomic E-state index is 6.60. The topological polar surface area (TPSA) is 35.2 Å². The summed E-state index contributed by atoms with van der Waals surface area (Å²) in [5, 5.41) is 0. The van der Waals surface area contributed by atoms with E-state index in [1.54, 1.807) is 0 Å². The Morgan fingerprint density at radius 2 is 1.76 bits per heavy atom. The van der Waals surface area contributed by atoms with Crippen LogP contribution in [0.4, 0.5) is 0 Å². The largest absolute Gasteiger partial charge is 0.374 e. The SMILES string of the molecule is CCOC1(C(N)C2CCCC2)CCC(C)CC1. The molecule has 1 unspecified atom stereocenters. The van der Waals surface area contributed by atoms with E-state index < -0.39 is 0 Å². The third-order valence-electron chi connectivity index (χ3n) is 5.07. The molecule has 0 aliphatic heterocycles. The van der Waals surface area contributed by atoms with Crippen molar-refractivity contribution in [3.8, 4) is 0 Å². The predicted octanol–water partition coefficient (Wildman–Crippen LogP) is 3.49. The molecule has 0 heterocycles. The Kier molecular flexibility index (Phi) is 4.48. The standard InChI is InChI=1S/C15H29NO/c1-3-17-15(10-8-12(2)9-11-15)14(16)13-6-4-5-7-13/h12-14H,3-11,16H2,1-2H3. The Morgan fingerprint density at radius 3 is 2.29 bits per heavy atom. The van der Waals surface area contributed by atoms with Crippen LogP contribution in [0.25, 0.3) is 0 Å². The van der Waals surface area contributed by atoms with E-state index in [4.69, 9.17) is 10.5 Å². The van der Waals surface area contributed by atoms with Crippen LogP contribution in [0.3, 0.4) is 0 Å². The Morgan fingerprint density at radius 1 is 1.18 bits per heavy atom. The van der Waals surface area contributed by atoms with Crippen LogP contribution in [0.2, 0.25) is 0 Å². The predicted molar refractivity (Wildman–Crippen MR) is 71.9 cm³/mol. The highest BCUT2D eigenvalue weighted by atomic mass is 16.5. The summed E-state index contributed by atoms with van der Waals surface area (Å²) in [6, 6.07) is 0.275. The molecule has 0 spiro atoms. The summed E-state index contributed by atoms with van der Waals surface area (Å²) in [7, 11) is 0. The molecule has 0 amide bonds. The van der Waals surface area contributed by atoms with Crippen molar-refractivity contribution in [1.82, 2.24) is 0 Å². The van der Waals surface area contributed by atoms with Gasteiger partial charge in [-0.3, -0.25) is 0 Å².